The Hall–Kier alpha value is -2.86. The van der Waals surface area contributed by atoms with Crippen LogP contribution in [0.15, 0.2) is 35.3 Å². The average molecular weight is 555 g/mol. The molecule has 0 bridgehead atoms. The molecule has 0 saturated heterocycles. The molecular formula is C22H18Cl2F6N4O2. The first-order valence-electron chi connectivity index (χ1n) is 10.3. The predicted molar refractivity (Wildman–Crippen MR) is 121 cm³/mol. The molecule has 0 spiro atoms. The standard InChI is InChI=1S/C22H18Cl2F6N4O2/c1-11-4-12(2-3-14(11)19(36)31-8-18(35)33-10-21(25,26)27)15-7-20(9-32-15,22(28,29)30)13-5-16(23)34-17(24)6-13/h2-6H,7-10H2,1H3,(H,31,36)(H,33,35). The van der Waals surface area contributed by atoms with E-state index >= 15 is 0 Å². The van der Waals surface area contributed by atoms with Crippen LogP contribution in [0.5, 0.6) is 0 Å². The lowest BCUT2D eigenvalue weighted by molar-refractivity contribution is -0.183. The lowest BCUT2D eigenvalue weighted by atomic mass is 9.77. The lowest BCUT2D eigenvalue weighted by Crippen LogP contribution is -2.43. The highest BCUT2D eigenvalue weighted by atomic mass is 35.5. The summed E-state index contributed by atoms with van der Waals surface area (Å²) in [6.07, 6.45) is -9.78. The third-order valence-electron chi connectivity index (χ3n) is 5.57. The molecule has 2 N–H and O–H groups in total. The number of aliphatic imine (C=N–C) groups is 1. The molecule has 0 radical (unpaired) electrons. The fourth-order valence-electron chi connectivity index (χ4n) is 3.72. The van der Waals surface area contributed by atoms with Crippen molar-refractivity contribution >= 4 is 40.7 Å². The maximum atomic E-state index is 14.2. The second-order valence-electron chi connectivity index (χ2n) is 8.13. The van der Waals surface area contributed by atoms with Crippen LogP contribution in [0.2, 0.25) is 10.3 Å². The SMILES string of the molecule is Cc1cc(C2=NCC(c3cc(Cl)nc(Cl)c3)(C(F)(F)F)C2)ccc1C(=O)NCC(=O)NCC(F)(F)F. The van der Waals surface area contributed by atoms with E-state index in [0.29, 0.717) is 11.1 Å². The topological polar surface area (TPSA) is 83.5 Å². The Kier molecular flexibility index (Phi) is 7.89. The first-order chi connectivity index (χ1) is 16.6. The number of aryl methyl sites for hydroxylation is 1. The molecule has 1 unspecified atom stereocenters. The van der Waals surface area contributed by atoms with Crippen LogP contribution in [0.3, 0.4) is 0 Å². The van der Waals surface area contributed by atoms with Crippen LogP contribution in [0, 0.1) is 6.92 Å². The minimum absolute atomic E-state index is 0.0933. The number of benzene rings is 1. The zero-order valence-electron chi connectivity index (χ0n) is 18.4. The minimum atomic E-state index is -4.69. The highest BCUT2D eigenvalue weighted by molar-refractivity contribution is 6.32. The van der Waals surface area contributed by atoms with E-state index in [1.54, 1.807) is 5.32 Å². The summed E-state index contributed by atoms with van der Waals surface area (Å²) in [6, 6.07) is 6.41. The van der Waals surface area contributed by atoms with Gasteiger partial charge in [0.05, 0.1) is 13.1 Å². The zero-order valence-corrected chi connectivity index (χ0v) is 20.0. The molecule has 1 aromatic carbocycles. The molecule has 1 aliphatic rings. The third kappa shape index (κ3) is 6.28. The highest BCUT2D eigenvalue weighted by Gasteiger charge is 2.58. The summed E-state index contributed by atoms with van der Waals surface area (Å²) in [5.41, 5.74) is -1.58. The molecule has 6 nitrogen and oxygen atoms in total. The normalized spacial score (nSPS) is 18.1. The van der Waals surface area contributed by atoms with Crippen LogP contribution in [0.1, 0.15) is 33.5 Å². The second kappa shape index (κ2) is 10.3. The molecule has 1 aromatic heterocycles. The van der Waals surface area contributed by atoms with E-state index in [1.165, 1.54) is 25.1 Å². The summed E-state index contributed by atoms with van der Waals surface area (Å²) in [6.45, 7) is -1.29. The quantitative estimate of drug-likeness (QED) is 0.397. The molecule has 0 aliphatic carbocycles. The van der Waals surface area contributed by atoms with E-state index in [2.05, 4.69) is 15.3 Å². The number of hydrogen-bond donors (Lipinski definition) is 2. The number of amides is 2. The number of rotatable bonds is 6. The van der Waals surface area contributed by atoms with E-state index in [-0.39, 0.29) is 27.1 Å². The Morgan fingerprint density at radius 3 is 2.22 bits per heavy atom. The van der Waals surface area contributed by atoms with Crippen molar-refractivity contribution in [1.82, 2.24) is 15.6 Å². The van der Waals surface area contributed by atoms with E-state index < -0.39 is 55.6 Å². The number of nitrogens with one attached hydrogen (secondary N) is 2. The first kappa shape index (κ1) is 27.7. The molecular weight excluding hydrogens is 537 g/mol. The highest BCUT2D eigenvalue weighted by Crippen LogP contribution is 2.48. The molecule has 2 heterocycles. The van der Waals surface area contributed by atoms with E-state index in [1.807, 2.05) is 0 Å². The lowest BCUT2D eigenvalue weighted by Gasteiger charge is -2.31. The number of nitrogens with zero attached hydrogens (tertiary/aromatic N) is 2. The molecule has 2 amide bonds. The van der Waals surface area contributed by atoms with Gasteiger partial charge in [-0.1, -0.05) is 29.3 Å². The van der Waals surface area contributed by atoms with Gasteiger partial charge < -0.3 is 10.6 Å². The van der Waals surface area contributed by atoms with Gasteiger partial charge in [0.15, 0.2) is 0 Å². The molecule has 0 saturated carbocycles. The van der Waals surface area contributed by atoms with Gasteiger partial charge in [-0.05, 0) is 47.9 Å². The van der Waals surface area contributed by atoms with Gasteiger partial charge in [-0.15, -0.1) is 0 Å². The van der Waals surface area contributed by atoms with Gasteiger partial charge in [0.25, 0.3) is 5.91 Å². The van der Waals surface area contributed by atoms with Gasteiger partial charge in [-0.25, -0.2) is 4.98 Å². The summed E-state index contributed by atoms with van der Waals surface area (Å²) < 4.78 is 79.2. The van der Waals surface area contributed by atoms with Crippen molar-refractivity contribution in [1.29, 1.82) is 0 Å². The number of alkyl halides is 6. The van der Waals surface area contributed by atoms with Gasteiger partial charge in [-0.3, -0.25) is 14.6 Å². The van der Waals surface area contributed by atoms with E-state index in [9.17, 15) is 35.9 Å². The second-order valence-corrected chi connectivity index (χ2v) is 8.90. The number of pyridine rings is 1. The van der Waals surface area contributed by atoms with Gasteiger partial charge >= 0.3 is 12.4 Å². The maximum absolute atomic E-state index is 14.2. The molecule has 1 atom stereocenters. The Morgan fingerprint density at radius 1 is 1.03 bits per heavy atom. The molecule has 194 valence electrons. The molecule has 1 aliphatic heterocycles. The maximum Gasteiger partial charge on any atom is 0.405 e. The molecule has 3 rings (SSSR count). The Bertz CT molecular complexity index is 1200. The van der Waals surface area contributed by atoms with Crippen molar-refractivity contribution in [3.8, 4) is 0 Å². The number of aromatic nitrogens is 1. The largest absolute Gasteiger partial charge is 0.405 e. The molecule has 14 heteroatoms. The zero-order chi connectivity index (χ0) is 26.9. The Labute approximate surface area is 211 Å². The Morgan fingerprint density at radius 2 is 1.67 bits per heavy atom. The summed E-state index contributed by atoms with van der Waals surface area (Å²) in [5, 5.41) is 3.45. The van der Waals surface area contributed by atoms with E-state index in [0.717, 1.165) is 12.1 Å². The van der Waals surface area contributed by atoms with Crippen LogP contribution in [-0.4, -0.2) is 54.5 Å². The first-order valence-corrected chi connectivity index (χ1v) is 11.0. The molecule has 36 heavy (non-hydrogen) atoms. The van der Waals surface area contributed by atoms with Crippen molar-refractivity contribution in [3.63, 3.8) is 0 Å². The van der Waals surface area contributed by atoms with Crippen LogP contribution in [-0.2, 0) is 10.2 Å². The molecule has 0 fully saturated rings. The number of carbonyl (C=O) groups is 2. The number of carbonyl (C=O) groups excluding carboxylic acids is 2. The number of halogens is 8. The third-order valence-corrected chi connectivity index (χ3v) is 5.95. The summed E-state index contributed by atoms with van der Waals surface area (Å²) in [7, 11) is 0. The average Bonchev–Trinajstić information content (AvgIpc) is 3.22. The van der Waals surface area contributed by atoms with E-state index in [4.69, 9.17) is 23.2 Å². The van der Waals surface area contributed by atoms with Crippen molar-refractivity contribution < 1.29 is 35.9 Å². The van der Waals surface area contributed by atoms with Crippen LogP contribution >= 0.6 is 23.2 Å². The Balaban J connectivity index is 1.75. The van der Waals surface area contributed by atoms with Crippen molar-refractivity contribution in [2.45, 2.75) is 31.1 Å². The van der Waals surface area contributed by atoms with Crippen molar-refractivity contribution in [2.24, 2.45) is 4.99 Å². The van der Waals surface area contributed by atoms with Gasteiger partial charge in [0, 0.05) is 17.7 Å². The number of hydrogen-bond acceptors (Lipinski definition) is 4. The summed E-state index contributed by atoms with van der Waals surface area (Å²) >= 11 is 11.7. The van der Waals surface area contributed by atoms with Gasteiger partial charge in [0.2, 0.25) is 5.91 Å². The van der Waals surface area contributed by atoms with Gasteiger partial charge in [-0.2, -0.15) is 26.3 Å². The van der Waals surface area contributed by atoms with Crippen molar-refractivity contribution in [3.05, 3.63) is 62.9 Å². The monoisotopic (exact) mass is 554 g/mol. The fraction of sp³-hybridized carbons (Fsp3) is 0.364. The van der Waals surface area contributed by atoms with Crippen LogP contribution in [0.4, 0.5) is 26.3 Å². The fourth-order valence-corrected chi connectivity index (χ4v) is 4.18. The summed E-state index contributed by atoms with van der Waals surface area (Å²) in [5.74, 6) is -1.77. The predicted octanol–water partition coefficient (Wildman–Crippen LogP) is 4.80. The van der Waals surface area contributed by atoms with Crippen LogP contribution < -0.4 is 10.6 Å². The van der Waals surface area contributed by atoms with Crippen molar-refractivity contribution in [2.75, 3.05) is 19.6 Å². The molecule has 2 aromatic rings. The van der Waals surface area contributed by atoms with Crippen LogP contribution in [0.25, 0.3) is 0 Å². The smallest absolute Gasteiger partial charge is 0.345 e. The van der Waals surface area contributed by atoms with Gasteiger partial charge in [0.1, 0.15) is 22.3 Å². The minimum Gasteiger partial charge on any atom is -0.345 e. The summed E-state index contributed by atoms with van der Waals surface area (Å²) in [4.78, 5) is 31.7.